The lowest BCUT2D eigenvalue weighted by molar-refractivity contribution is 0.0946. The molecule has 2 rings (SSSR count). The topological polar surface area (TPSA) is 68.0 Å². The summed E-state index contributed by atoms with van der Waals surface area (Å²) in [7, 11) is 0. The van der Waals surface area contributed by atoms with Gasteiger partial charge in [-0.2, -0.15) is 0 Å². The summed E-state index contributed by atoms with van der Waals surface area (Å²) in [4.78, 5) is 11.9. The Hall–Kier alpha value is -1.82. The fraction of sp³-hybridized carbons (Fsp3) is 0.400. The molecule has 0 aliphatic rings. The maximum Gasteiger partial charge on any atom is 0.276 e. The zero-order valence-corrected chi connectivity index (χ0v) is 13.0. The molecule has 0 aliphatic carbocycles. The molecule has 0 atom stereocenters. The fourth-order valence-corrected chi connectivity index (χ4v) is 2.61. The van der Waals surface area contributed by atoms with Crippen LogP contribution in [-0.4, -0.2) is 21.9 Å². The van der Waals surface area contributed by atoms with Gasteiger partial charge in [-0.1, -0.05) is 43.8 Å². The van der Waals surface area contributed by atoms with Crippen molar-refractivity contribution in [2.75, 3.05) is 5.75 Å². The first kappa shape index (κ1) is 15.6. The number of amides is 1. The number of carbonyl (C=O) groups is 1. The molecule has 6 heteroatoms. The molecule has 0 spiro atoms. The molecule has 0 saturated carbocycles. The number of nitrogens with zero attached hydrogens (tertiary/aromatic N) is 2. The second-order valence-electron chi connectivity index (χ2n) is 5.04. The lowest BCUT2D eigenvalue weighted by Gasteiger charge is -2.02. The lowest BCUT2D eigenvalue weighted by atomic mass is 10.2. The van der Waals surface area contributed by atoms with Crippen LogP contribution in [-0.2, 0) is 6.54 Å². The minimum atomic E-state index is -0.150. The molecule has 0 saturated heterocycles. The number of hydrogen-bond donors (Lipinski definition) is 1. The maximum absolute atomic E-state index is 11.9. The summed E-state index contributed by atoms with van der Waals surface area (Å²) in [5, 5.41) is 11.2. The number of aromatic nitrogens is 2. The van der Waals surface area contributed by atoms with E-state index in [1.54, 1.807) is 23.9 Å². The van der Waals surface area contributed by atoms with Crippen LogP contribution in [0.5, 0.6) is 0 Å². The zero-order chi connectivity index (χ0) is 15.1. The van der Waals surface area contributed by atoms with E-state index < -0.39 is 0 Å². The number of benzene rings is 1. The number of thioether (sulfide) groups is 1. The minimum Gasteiger partial charge on any atom is -0.414 e. The fourth-order valence-electron chi connectivity index (χ4n) is 1.60. The molecular weight excluding hydrogens is 286 g/mol. The first-order valence-corrected chi connectivity index (χ1v) is 7.92. The first-order chi connectivity index (χ1) is 10.1. The summed E-state index contributed by atoms with van der Waals surface area (Å²) >= 11 is 1.55. The summed E-state index contributed by atoms with van der Waals surface area (Å²) in [6.07, 6.45) is 1.10. The standard InChI is InChI=1S/C15H19N3O2S/c1-11(2)8-9-21-15-18-17-13(20-15)10-16-14(19)12-6-4-3-5-7-12/h3-7,11H,8-10H2,1-2H3,(H,16,19). The van der Waals surface area contributed by atoms with Gasteiger partial charge in [0.1, 0.15) is 0 Å². The highest BCUT2D eigenvalue weighted by molar-refractivity contribution is 7.99. The Kier molecular flexibility index (Phi) is 5.80. The smallest absolute Gasteiger partial charge is 0.276 e. The summed E-state index contributed by atoms with van der Waals surface area (Å²) in [5.74, 6) is 1.88. The molecule has 21 heavy (non-hydrogen) atoms. The average molecular weight is 305 g/mol. The molecule has 0 fully saturated rings. The minimum absolute atomic E-state index is 0.150. The van der Waals surface area contributed by atoms with Crippen molar-refractivity contribution in [2.24, 2.45) is 5.92 Å². The van der Waals surface area contributed by atoms with E-state index in [-0.39, 0.29) is 12.5 Å². The van der Waals surface area contributed by atoms with Crippen molar-refractivity contribution < 1.29 is 9.21 Å². The molecule has 1 aromatic carbocycles. The van der Waals surface area contributed by atoms with E-state index in [9.17, 15) is 4.79 Å². The van der Waals surface area contributed by atoms with Crippen LogP contribution in [0.4, 0.5) is 0 Å². The van der Waals surface area contributed by atoms with Gasteiger partial charge < -0.3 is 9.73 Å². The van der Waals surface area contributed by atoms with Crippen LogP contribution >= 0.6 is 11.8 Å². The van der Waals surface area contributed by atoms with E-state index in [2.05, 4.69) is 29.4 Å². The van der Waals surface area contributed by atoms with Crippen LogP contribution in [0.3, 0.4) is 0 Å². The predicted molar refractivity (Wildman–Crippen MR) is 82.1 cm³/mol. The molecule has 1 N–H and O–H groups in total. The Morgan fingerprint density at radius 2 is 2.05 bits per heavy atom. The van der Waals surface area contributed by atoms with E-state index in [1.807, 2.05) is 18.2 Å². The van der Waals surface area contributed by atoms with Gasteiger partial charge in [0.2, 0.25) is 5.89 Å². The Labute approximate surface area is 128 Å². The summed E-state index contributed by atoms with van der Waals surface area (Å²) in [5.41, 5.74) is 0.614. The Bertz CT molecular complexity index is 569. The van der Waals surface area contributed by atoms with E-state index >= 15 is 0 Å². The highest BCUT2D eigenvalue weighted by Crippen LogP contribution is 2.18. The van der Waals surface area contributed by atoms with Gasteiger partial charge in [-0.05, 0) is 24.5 Å². The lowest BCUT2D eigenvalue weighted by Crippen LogP contribution is -2.22. The van der Waals surface area contributed by atoms with Gasteiger partial charge in [0.25, 0.3) is 11.1 Å². The third-order valence-corrected chi connectivity index (χ3v) is 3.66. The number of rotatable bonds is 7. The van der Waals surface area contributed by atoms with Crippen molar-refractivity contribution in [1.29, 1.82) is 0 Å². The summed E-state index contributed by atoms with van der Waals surface area (Å²) in [6, 6.07) is 9.04. The van der Waals surface area contributed by atoms with Crippen molar-refractivity contribution >= 4 is 17.7 Å². The van der Waals surface area contributed by atoms with Gasteiger partial charge in [-0.15, -0.1) is 10.2 Å². The normalized spacial score (nSPS) is 10.8. The zero-order valence-electron chi connectivity index (χ0n) is 12.2. The SMILES string of the molecule is CC(C)CCSc1nnc(CNC(=O)c2ccccc2)o1. The highest BCUT2D eigenvalue weighted by atomic mass is 32.2. The maximum atomic E-state index is 11.9. The van der Waals surface area contributed by atoms with Gasteiger partial charge in [0.15, 0.2) is 0 Å². The number of carbonyl (C=O) groups excluding carboxylic acids is 1. The monoisotopic (exact) mass is 305 g/mol. The molecule has 0 unspecified atom stereocenters. The Morgan fingerprint density at radius 3 is 2.76 bits per heavy atom. The molecule has 0 bridgehead atoms. The van der Waals surface area contributed by atoms with Crippen molar-refractivity contribution in [3.05, 3.63) is 41.8 Å². The van der Waals surface area contributed by atoms with Gasteiger partial charge >= 0.3 is 0 Å². The van der Waals surface area contributed by atoms with Gasteiger partial charge in [-0.25, -0.2) is 0 Å². The second-order valence-corrected chi connectivity index (χ2v) is 6.09. The molecule has 0 aliphatic heterocycles. The van der Waals surface area contributed by atoms with E-state index in [0.29, 0.717) is 22.6 Å². The van der Waals surface area contributed by atoms with Crippen molar-refractivity contribution in [2.45, 2.75) is 32.0 Å². The van der Waals surface area contributed by atoms with Crippen LogP contribution in [0.2, 0.25) is 0 Å². The van der Waals surface area contributed by atoms with Crippen LogP contribution < -0.4 is 5.32 Å². The molecular formula is C15H19N3O2S. The third-order valence-electron chi connectivity index (χ3n) is 2.81. The molecule has 0 radical (unpaired) electrons. The summed E-state index contributed by atoms with van der Waals surface area (Å²) < 4.78 is 5.48. The van der Waals surface area contributed by atoms with E-state index in [1.165, 1.54) is 0 Å². The van der Waals surface area contributed by atoms with Gasteiger partial charge in [-0.3, -0.25) is 4.79 Å². The van der Waals surface area contributed by atoms with Crippen LogP contribution in [0.15, 0.2) is 40.0 Å². The third kappa shape index (κ3) is 5.23. The molecule has 1 amide bonds. The quantitative estimate of drug-likeness (QED) is 0.796. The molecule has 112 valence electrons. The van der Waals surface area contributed by atoms with Gasteiger partial charge in [0.05, 0.1) is 6.54 Å². The molecule has 1 heterocycles. The van der Waals surface area contributed by atoms with Crippen LogP contribution in [0.25, 0.3) is 0 Å². The van der Waals surface area contributed by atoms with Crippen molar-refractivity contribution in [3.63, 3.8) is 0 Å². The molecule has 5 nitrogen and oxygen atoms in total. The second kappa shape index (κ2) is 7.83. The first-order valence-electron chi connectivity index (χ1n) is 6.93. The number of hydrogen-bond acceptors (Lipinski definition) is 5. The van der Waals surface area contributed by atoms with Crippen LogP contribution in [0.1, 0.15) is 36.5 Å². The predicted octanol–water partition coefficient (Wildman–Crippen LogP) is 3.14. The molecule has 1 aromatic heterocycles. The van der Waals surface area contributed by atoms with Crippen molar-refractivity contribution in [1.82, 2.24) is 15.5 Å². The van der Waals surface area contributed by atoms with Gasteiger partial charge in [0, 0.05) is 11.3 Å². The molecule has 2 aromatic rings. The van der Waals surface area contributed by atoms with E-state index in [4.69, 9.17) is 4.42 Å². The van der Waals surface area contributed by atoms with Crippen LogP contribution in [0, 0.1) is 5.92 Å². The van der Waals surface area contributed by atoms with E-state index in [0.717, 1.165) is 12.2 Å². The number of nitrogens with one attached hydrogen (secondary N) is 1. The summed E-state index contributed by atoms with van der Waals surface area (Å²) in [6.45, 7) is 4.60. The average Bonchev–Trinajstić information content (AvgIpc) is 2.93. The Balaban J connectivity index is 1.79. The van der Waals surface area contributed by atoms with Crippen molar-refractivity contribution in [3.8, 4) is 0 Å². The largest absolute Gasteiger partial charge is 0.414 e. The highest BCUT2D eigenvalue weighted by Gasteiger charge is 2.09. The Morgan fingerprint density at radius 1 is 1.29 bits per heavy atom.